The van der Waals surface area contributed by atoms with Crippen LogP contribution in [0.25, 0.3) is 11.3 Å². The van der Waals surface area contributed by atoms with Crippen LogP contribution in [0, 0.1) is 0 Å². The quantitative estimate of drug-likeness (QED) is 0.642. The van der Waals surface area contributed by atoms with Crippen molar-refractivity contribution in [2.75, 3.05) is 5.32 Å². The molecule has 2 aromatic heterocycles. The van der Waals surface area contributed by atoms with Crippen molar-refractivity contribution in [1.82, 2.24) is 9.97 Å². The Balaban J connectivity index is 1.57. The first kappa shape index (κ1) is 17.2. The molecule has 0 bridgehead atoms. The highest BCUT2D eigenvalue weighted by molar-refractivity contribution is 7.14. The number of alkyl halides is 3. The zero-order valence-electron chi connectivity index (χ0n) is 13.2. The van der Waals surface area contributed by atoms with Crippen LogP contribution < -0.4 is 5.32 Å². The van der Waals surface area contributed by atoms with Gasteiger partial charge < -0.3 is 0 Å². The molecule has 9 heteroatoms. The maximum Gasteiger partial charge on any atom is 0.417 e. The van der Waals surface area contributed by atoms with E-state index in [1.165, 1.54) is 34.9 Å². The molecule has 1 saturated carbocycles. The average Bonchev–Trinajstić information content (AvgIpc) is 3.15. The Hall–Kier alpha value is -2.26. The van der Waals surface area contributed by atoms with Crippen molar-refractivity contribution >= 4 is 33.7 Å². The Bertz CT molecular complexity index is 960. The van der Waals surface area contributed by atoms with Crippen molar-refractivity contribution < 1.29 is 18.0 Å². The van der Waals surface area contributed by atoms with Gasteiger partial charge in [0.25, 0.3) is 5.91 Å². The number of rotatable bonds is 4. The van der Waals surface area contributed by atoms with Crippen molar-refractivity contribution in [2.45, 2.75) is 24.9 Å². The van der Waals surface area contributed by atoms with Crippen LogP contribution in [0.3, 0.4) is 0 Å². The van der Waals surface area contributed by atoms with Gasteiger partial charge >= 0.3 is 6.18 Å². The summed E-state index contributed by atoms with van der Waals surface area (Å²) in [5, 5.41) is 4.44. The van der Waals surface area contributed by atoms with Gasteiger partial charge in [-0.3, -0.25) is 10.1 Å². The second kappa shape index (κ2) is 6.48. The molecule has 0 atom stereocenters. The van der Waals surface area contributed by atoms with Crippen molar-refractivity contribution in [3.8, 4) is 11.3 Å². The van der Waals surface area contributed by atoms with Gasteiger partial charge in [0.05, 0.1) is 22.5 Å². The fourth-order valence-corrected chi connectivity index (χ4v) is 4.11. The third-order valence-electron chi connectivity index (χ3n) is 4.00. The molecule has 0 unspecified atom stereocenters. The smallest absolute Gasteiger partial charge is 0.297 e. The summed E-state index contributed by atoms with van der Waals surface area (Å²) in [6.07, 6.45) is -2.41. The number of hydrogen-bond acceptors (Lipinski definition) is 5. The first-order valence-electron chi connectivity index (χ1n) is 7.80. The lowest BCUT2D eigenvalue weighted by molar-refractivity contribution is -0.137. The molecule has 1 aliphatic carbocycles. The van der Waals surface area contributed by atoms with Crippen LogP contribution >= 0.6 is 22.7 Å². The second-order valence-electron chi connectivity index (χ2n) is 5.88. The molecule has 0 radical (unpaired) electrons. The van der Waals surface area contributed by atoms with Crippen LogP contribution in [0.4, 0.5) is 18.3 Å². The molecule has 134 valence electrons. The topological polar surface area (TPSA) is 54.9 Å². The Morgan fingerprint density at radius 2 is 1.96 bits per heavy atom. The van der Waals surface area contributed by atoms with Crippen molar-refractivity contribution in [1.29, 1.82) is 0 Å². The summed E-state index contributed by atoms with van der Waals surface area (Å²) in [6, 6.07) is 5.26. The summed E-state index contributed by atoms with van der Waals surface area (Å²) >= 11 is 2.35. The summed E-state index contributed by atoms with van der Waals surface area (Å²) in [6.45, 7) is 0. The van der Waals surface area contributed by atoms with E-state index in [0.29, 0.717) is 10.8 Å². The van der Waals surface area contributed by atoms with Crippen molar-refractivity contribution in [2.24, 2.45) is 0 Å². The number of carbonyl (C=O) groups excluding carboxylic acids is 1. The Morgan fingerprint density at radius 3 is 2.69 bits per heavy atom. The van der Waals surface area contributed by atoms with Gasteiger partial charge in [-0.15, -0.1) is 22.7 Å². The fourth-order valence-electron chi connectivity index (χ4n) is 2.63. The molecule has 26 heavy (non-hydrogen) atoms. The number of benzene rings is 1. The van der Waals surface area contributed by atoms with Crippen LogP contribution in [0.15, 0.2) is 35.2 Å². The minimum absolute atomic E-state index is 0.00629. The third kappa shape index (κ3) is 3.36. The maximum absolute atomic E-state index is 13.2. The highest BCUT2D eigenvalue weighted by Crippen LogP contribution is 2.42. The standard InChI is InChI=1S/C17H12F3N3OS2/c18-17(19,20)11-4-2-1-3-10(11)12-7-25-16(22-12)23-15(24)14-13(9-5-6-9)21-8-26-14/h1-4,7-9H,5-6H2,(H,22,23,24). The number of anilines is 1. The van der Waals surface area contributed by atoms with Gasteiger partial charge in [0, 0.05) is 16.9 Å². The average molecular weight is 395 g/mol. The number of carbonyl (C=O) groups is 1. The maximum atomic E-state index is 13.2. The first-order valence-corrected chi connectivity index (χ1v) is 9.56. The summed E-state index contributed by atoms with van der Waals surface area (Å²) in [7, 11) is 0. The fraction of sp³-hybridized carbons (Fsp3) is 0.235. The summed E-state index contributed by atoms with van der Waals surface area (Å²) in [5.41, 5.74) is 1.86. The number of amides is 1. The largest absolute Gasteiger partial charge is 0.417 e. The van der Waals surface area contributed by atoms with Crippen LogP contribution in [-0.4, -0.2) is 15.9 Å². The van der Waals surface area contributed by atoms with E-state index in [-0.39, 0.29) is 22.3 Å². The molecule has 4 nitrogen and oxygen atoms in total. The van der Waals surface area contributed by atoms with Gasteiger partial charge in [0.2, 0.25) is 0 Å². The van der Waals surface area contributed by atoms with Crippen LogP contribution in [0.5, 0.6) is 0 Å². The zero-order valence-corrected chi connectivity index (χ0v) is 14.8. The molecule has 1 aromatic carbocycles. The van der Waals surface area contributed by atoms with E-state index in [9.17, 15) is 18.0 Å². The molecule has 1 aliphatic rings. The molecule has 0 aliphatic heterocycles. The van der Waals surface area contributed by atoms with Crippen LogP contribution in [0.2, 0.25) is 0 Å². The van der Waals surface area contributed by atoms with E-state index >= 15 is 0 Å². The van der Waals surface area contributed by atoms with Gasteiger partial charge in [0.15, 0.2) is 5.13 Å². The van der Waals surface area contributed by atoms with Crippen LogP contribution in [-0.2, 0) is 6.18 Å². The molecule has 1 N–H and O–H groups in total. The van der Waals surface area contributed by atoms with E-state index in [2.05, 4.69) is 15.3 Å². The Kier molecular flexibility index (Phi) is 4.28. The van der Waals surface area contributed by atoms with E-state index in [1.807, 2.05) is 0 Å². The second-order valence-corrected chi connectivity index (χ2v) is 7.59. The molecule has 0 saturated heterocycles. The van der Waals surface area contributed by atoms with E-state index in [4.69, 9.17) is 0 Å². The molecular formula is C17H12F3N3OS2. The summed E-state index contributed by atoms with van der Waals surface area (Å²) in [4.78, 5) is 21.4. The number of hydrogen-bond donors (Lipinski definition) is 1. The summed E-state index contributed by atoms with van der Waals surface area (Å²) < 4.78 is 39.5. The van der Waals surface area contributed by atoms with Crippen molar-refractivity contribution in [3.63, 3.8) is 0 Å². The number of nitrogens with zero attached hydrogens (tertiary/aromatic N) is 2. The monoisotopic (exact) mass is 395 g/mol. The molecule has 2 heterocycles. The highest BCUT2D eigenvalue weighted by Gasteiger charge is 2.34. The van der Waals surface area contributed by atoms with Gasteiger partial charge in [-0.25, -0.2) is 9.97 Å². The predicted octanol–water partition coefficient (Wildman–Crippen LogP) is 5.42. The summed E-state index contributed by atoms with van der Waals surface area (Å²) in [5.74, 6) is 0.0203. The molecule has 1 amide bonds. The lowest BCUT2D eigenvalue weighted by Gasteiger charge is -2.10. The Morgan fingerprint density at radius 1 is 1.19 bits per heavy atom. The first-order chi connectivity index (χ1) is 12.4. The number of aromatic nitrogens is 2. The molecule has 1 fully saturated rings. The minimum atomic E-state index is -4.47. The lowest BCUT2D eigenvalue weighted by Crippen LogP contribution is -2.12. The third-order valence-corrected chi connectivity index (χ3v) is 5.60. The number of halogens is 3. The number of nitrogens with one attached hydrogen (secondary N) is 1. The Labute approximate surface area is 154 Å². The van der Waals surface area contributed by atoms with Crippen LogP contribution in [0.1, 0.15) is 39.7 Å². The molecular weight excluding hydrogens is 383 g/mol. The van der Waals surface area contributed by atoms with Gasteiger partial charge in [-0.2, -0.15) is 13.2 Å². The zero-order chi connectivity index (χ0) is 18.3. The lowest BCUT2D eigenvalue weighted by atomic mass is 10.1. The van der Waals surface area contributed by atoms with Crippen molar-refractivity contribution in [3.05, 3.63) is 51.3 Å². The van der Waals surface area contributed by atoms with E-state index < -0.39 is 11.7 Å². The molecule has 3 aromatic rings. The normalized spacial score (nSPS) is 14.4. The van der Waals surface area contributed by atoms with Gasteiger partial charge in [-0.05, 0) is 18.9 Å². The van der Waals surface area contributed by atoms with Gasteiger partial charge in [0.1, 0.15) is 4.88 Å². The highest BCUT2D eigenvalue weighted by atomic mass is 32.1. The van der Waals surface area contributed by atoms with Gasteiger partial charge in [-0.1, -0.05) is 18.2 Å². The molecule has 4 rings (SSSR count). The minimum Gasteiger partial charge on any atom is -0.297 e. The van der Waals surface area contributed by atoms with E-state index in [0.717, 1.165) is 35.9 Å². The predicted molar refractivity (Wildman–Crippen MR) is 94.6 cm³/mol. The molecule has 0 spiro atoms. The van der Waals surface area contributed by atoms with E-state index in [1.54, 1.807) is 5.51 Å². The SMILES string of the molecule is O=C(Nc1nc(-c2ccccc2C(F)(F)F)cs1)c1scnc1C1CC1. The number of thiazole rings is 2.